The lowest BCUT2D eigenvalue weighted by Gasteiger charge is -2.25. The van der Waals surface area contributed by atoms with Gasteiger partial charge in [-0.05, 0) is 66.8 Å². The SMILES string of the molecule is CCc1cc(Cl)c2[nH]c3c(c2c1)CCNC3Cc1ccc(OC)c(OC)c1.Cl. The summed E-state index contributed by atoms with van der Waals surface area (Å²) in [7, 11) is 3.33. The van der Waals surface area contributed by atoms with E-state index in [9.17, 15) is 0 Å². The van der Waals surface area contributed by atoms with Crippen LogP contribution in [0.25, 0.3) is 10.9 Å². The number of benzene rings is 2. The first-order chi connectivity index (χ1) is 13.1. The van der Waals surface area contributed by atoms with Crippen molar-refractivity contribution in [3.63, 3.8) is 0 Å². The minimum Gasteiger partial charge on any atom is -0.493 e. The van der Waals surface area contributed by atoms with Gasteiger partial charge in [0.2, 0.25) is 0 Å². The molecule has 28 heavy (non-hydrogen) atoms. The van der Waals surface area contributed by atoms with Gasteiger partial charge in [-0.3, -0.25) is 0 Å². The average Bonchev–Trinajstić information content (AvgIpc) is 3.08. The number of aromatic amines is 1. The molecule has 4 nitrogen and oxygen atoms in total. The van der Waals surface area contributed by atoms with E-state index >= 15 is 0 Å². The molecule has 1 aromatic heterocycles. The molecule has 6 heteroatoms. The monoisotopic (exact) mass is 420 g/mol. The Hall–Kier alpha value is -1.88. The average molecular weight is 421 g/mol. The van der Waals surface area contributed by atoms with E-state index in [-0.39, 0.29) is 18.4 Å². The Balaban J connectivity index is 0.00000225. The third-order valence-corrected chi connectivity index (χ3v) is 5.77. The van der Waals surface area contributed by atoms with Crippen LogP contribution in [0.5, 0.6) is 11.5 Å². The molecule has 3 aromatic rings. The zero-order chi connectivity index (χ0) is 19.0. The fourth-order valence-corrected chi connectivity index (χ4v) is 4.33. The van der Waals surface area contributed by atoms with Crippen molar-refractivity contribution < 1.29 is 9.47 Å². The maximum Gasteiger partial charge on any atom is 0.160 e. The maximum absolute atomic E-state index is 6.56. The maximum atomic E-state index is 6.56. The quantitative estimate of drug-likeness (QED) is 0.592. The fraction of sp³-hybridized carbons (Fsp3) is 0.364. The number of rotatable bonds is 5. The molecule has 1 aliphatic heterocycles. The molecule has 2 aromatic carbocycles. The van der Waals surface area contributed by atoms with Crippen LogP contribution in [-0.2, 0) is 19.3 Å². The van der Waals surface area contributed by atoms with Gasteiger partial charge in [0, 0.05) is 11.1 Å². The third kappa shape index (κ3) is 3.69. The number of nitrogens with one attached hydrogen (secondary N) is 2. The molecule has 0 spiro atoms. The van der Waals surface area contributed by atoms with Crippen molar-refractivity contribution in [3.8, 4) is 11.5 Å². The van der Waals surface area contributed by atoms with Crippen molar-refractivity contribution in [2.45, 2.75) is 32.2 Å². The second-order valence-electron chi connectivity index (χ2n) is 7.02. The van der Waals surface area contributed by atoms with Crippen molar-refractivity contribution in [2.24, 2.45) is 0 Å². The van der Waals surface area contributed by atoms with E-state index < -0.39 is 0 Å². The largest absolute Gasteiger partial charge is 0.493 e. The number of aryl methyl sites for hydroxylation is 1. The highest BCUT2D eigenvalue weighted by Gasteiger charge is 2.25. The minimum absolute atomic E-state index is 0. The van der Waals surface area contributed by atoms with Gasteiger partial charge in [-0.15, -0.1) is 12.4 Å². The molecule has 1 unspecified atom stereocenters. The third-order valence-electron chi connectivity index (χ3n) is 5.47. The van der Waals surface area contributed by atoms with Crippen LogP contribution in [0, 0.1) is 0 Å². The van der Waals surface area contributed by atoms with Gasteiger partial charge in [0.05, 0.1) is 30.8 Å². The van der Waals surface area contributed by atoms with Crippen LogP contribution in [0.1, 0.15) is 35.3 Å². The molecule has 1 atom stereocenters. The highest BCUT2D eigenvalue weighted by atomic mass is 35.5. The van der Waals surface area contributed by atoms with Crippen molar-refractivity contribution in [3.05, 3.63) is 57.7 Å². The summed E-state index contributed by atoms with van der Waals surface area (Å²) in [5.74, 6) is 1.52. The van der Waals surface area contributed by atoms with Crippen LogP contribution >= 0.6 is 24.0 Å². The first-order valence-corrected chi connectivity index (χ1v) is 9.79. The molecule has 4 rings (SSSR count). The zero-order valence-electron chi connectivity index (χ0n) is 16.4. The van der Waals surface area contributed by atoms with Crippen LogP contribution in [0.4, 0.5) is 0 Å². The first-order valence-electron chi connectivity index (χ1n) is 9.41. The number of halogens is 2. The number of ether oxygens (including phenoxy) is 2. The van der Waals surface area contributed by atoms with E-state index in [1.54, 1.807) is 14.2 Å². The van der Waals surface area contributed by atoms with Crippen molar-refractivity contribution in [1.29, 1.82) is 0 Å². The van der Waals surface area contributed by atoms with Gasteiger partial charge in [-0.1, -0.05) is 24.6 Å². The number of H-pyrrole nitrogens is 1. The molecule has 0 radical (unpaired) electrons. The summed E-state index contributed by atoms with van der Waals surface area (Å²) in [5, 5.41) is 5.73. The highest BCUT2D eigenvalue weighted by Crippen LogP contribution is 2.36. The summed E-state index contributed by atoms with van der Waals surface area (Å²) < 4.78 is 10.8. The lowest BCUT2D eigenvalue weighted by Crippen LogP contribution is -2.31. The topological polar surface area (TPSA) is 46.3 Å². The van der Waals surface area contributed by atoms with Gasteiger partial charge < -0.3 is 19.8 Å². The Labute approximate surface area is 177 Å². The number of hydrogen-bond acceptors (Lipinski definition) is 3. The van der Waals surface area contributed by atoms with Gasteiger partial charge in [-0.25, -0.2) is 0 Å². The van der Waals surface area contributed by atoms with Crippen molar-refractivity contribution in [2.75, 3.05) is 20.8 Å². The van der Waals surface area contributed by atoms with Crippen LogP contribution in [0.2, 0.25) is 5.02 Å². The van der Waals surface area contributed by atoms with Gasteiger partial charge in [-0.2, -0.15) is 0 Å². The van der Waals surface area contributed by atoms with Gasteiger partial charge in [0.1, 0.15) is 0 Å². The number of methoxy groups -OCH3 is 2. The summed E-state index contributed by atoms with van der Waals surface area (Å²) in [4.78, 5) is 3.61. The number of fused-ring (bicyclic) bond motifs is 3. The molecule has 0 bridgehead atoms. The lowest BCUT2D eigenvalue weighted by atomic mass is 9.94. The normalized spacial score (nSPS) is 15.8. The highest BCUT2D eigenvalue weighted by molar-refractivity contribution is 6.35. The Morgan fingerprint density at radius 2 is 1.86 bits per heavy atom. The Kier molecular flexibility index (Phi) is 6.43. The standard InChI is InChI=1S/C22H25ClN2O2.ClH/c1-4-13-9-16-15-7-8-24-18(22(15)25-21(16)17(23)10-13)11-14-5-6-19(26-2)20(12-14)27-3;/h5-6,9-10,12,18,24-25H,4,7-8,11H2,1-3H3;1H. The second-order valence-corrected chi connectivity index (χ2v) is 7.43. The fourth-order valence-electron chi connectivity index (χ4n) is 4.04. The van der Waals surface area contributed by atoms with Crippen LogP contribution < -0.4 is 14.8 Å². The van der Waals surface area contributed by atoms with Crippen molar-refractivity contribution in [1.82, 2.24) is 10.3 Å². The first kappa shape index (κ1) is 20.8. The van der Waals surface area contributed by atoms with Gasteiger partial charge >= 0.3 is 0 Å². The molecule has 2 heterocycles. The summed E-state index contributed by atoms with van der Waals surface area (Å²) in [5.41, 5.74) is 6.19. The van der Waals surface area contributed by atoms with E-state index in [2.05, 4.69) is 41.5 Å². The Morgan fingerprint density at radius 1 is 1.07 bits per heavy atom. The smallest absolute Gasteiger partial charge is 0.160 e. The molecule has 0 fully saturated rings. The second kappa shape index (κ2) is 8.64. The van der Waals surface area contributed by atoms with E-state index in [4.69, 9.17) is 21.1 Å². The minimum atomic E-state index is 0. The number of hydrogen-bond donors (Lipinski definition) is 2. The molecule has 2 N–H and O–H groups in total. The van der Waals surface area contributed by atoms with Gasteiger partial charge in [0.15, 0.2) is 11.5 Å². The molecule has 1 aliphatic rings. The summed E-state index contributed by atoms with van der Waals surface area (Å²) >= 11 is 6.56. The summed E-state index contributed by atoms with van der Waals surface area (Å²) in [6.07, 6.45) is 2.88. The van der Waals surface area contributed by atoms with Crippen LogP contribution in [-0.4, -0.2) is 25.7 Å². The molecule has 0 saturated carbocycles. The molecule has 0 amide bonds. The lowest BCUT2D eigenvalue weighted by molar-refractivity contribution is 0.354. The zero-order valence-corrected chi connectivity index (χ0v) is 18.0. The molecule has 0 saturated heterocycles. The number of aromatic nitrogens is 1. The Bertz CT molecular complexity index is 984. The van der Waals surface area contributed by atoms with E-state index in [0.29, 0.717) is 0 Å². The molecular weight excluding hydrogens is 395 g/mol. The molecular formula is C22H26Cl2N2O2. The predicted molar refractivity (Wildman–Crippen MR) is 118 cm³/mol. The van der Waals surface area contributed by atoms with Gasteiger partial charge in [0.25, 0.3) is 0 Å². The summed E-state index contributed by atoms with van der Waals surface area (Å²) in [6.45, 7) is 3.13. The summed E-state index contributed by atoms with van der Waals surface area (Å²) in [6, 6.07) is 10.7. The van der Waals surface area contributed by atoms with Crippen LogP contribution in [0.3, 0.4) is 0 Å². The van der Waals surface area contributed by atoms with E-state index in [1.165, 1.54) is 27.8 Å². The van der Waals surface area contributed by atoms with E-state index in [0.717, 1.165) is 47.8 Å². The van der Waals surface area contributed by atoms with Crippen molar-refractivity contribution >= 4 is 34.9 Å². The predicted octanol–water partition coefficient (Wildman–Crippen LogP) is 5.25. The molecule has 0 aliphatic carbocycles. The van der Waals surface area contributed by atoms with Crippen LogP contribution in [0.15, 0.2) is 30.3 Å². The Morgan fingerprint density at radius 3 is 2.57 bits per heavy atom. The molecule has 150 valence electrons. The van der Waals surface area contributed by atoms with E-state index in [1.807, 2.05) is 6.07 Å².